The van der Waals surface area contributed by atoms with Gasteiger partial charge in [-0.15, -0.1) is 0 Å². The summed E-state index contributed by atoms with van der Waals surface area (Å²) in [6.45, 7) is 0. The molecule has 1 aromatic heterocycles. The Kier molecular flexibility index (Phi) is 5.81. The van der Waals surface area contributed by atoms with Crippen molar-refractivity contribution in [3.8, 4) is 22.6 Å². The van der Waals surface area contributed by atoms with Crippen LogP contribution in [-0.4, -0.2) is 19.7 Å². The molecule has 0 aliphatic carbocycles. The molecule has 0 aliphatic heterocycles. The quantitative estimate of drug-likeness (QED) is 0.393. The lowest BCUT2D eigenvalue weighted by molar-refractivity contribution is 0.498. The normalized spacial score (nSPS) is 11.5. The van der Waals surface area contributed by atoms with Crippen molar-refractivity contribution in [1.82, 2.24) is 4.98 Å². The van der Waals surface area contributed by atoms with Gasteiger partial charge in [0.05, 0.1) is 4.90 Å². The van der Waals surface area contributed by atoms with Crippen LogP contribution in [0.5, 0.6) is 0 Å². The minimum absolute atomic E-state index is 0.287. The molecule has 4 rings (SSSR count). The molecule has 30 heavy (non-hydrogen) atoms. The Morgan fingerprint density at radius 1 is 0.767 bits per heavy atom. The highest BCUT2D eigenvalue weighted by Crippen LogP contribution is 2.33. The van der Waals surface area contributed by atoms with Gasteiger partial charge in [-0.25, -0.2) is 13.4 Å². The van der Waals surface area contributed by atoms with E-state index in [1.807, 2.05) is 48.5 Å². The molecule has 152 valence electrons. The first-order valence-electron chi connectivity index (χ1n) is 9.90. The van der Waals surface area contributed by atoms with E-state index >= 15 is 0 Å². The Hall–Kier alpha value is -3.18. The number of sulfone groups is 1. The molecule has 0 radical (unpaired) electrons. The fourth-order valence-corrected chi connectivity index (χ4v) is 4.03. The first-order chi connectivity index (χ1) is 14.5. The van der Waals surface area contributed by atoms with Gasteiger partial charge in [0.25, 0.3) is 0 Å². The summed E-state index contributed by atoms with van der Waals surface area (Å²) in [5.74, 6) is 1.35. The van der Waals surface area contributed by atoms with Crippen molar-refractivity contribution >= 4 is 9.84 Å². The molecule has 3 aromatic carbocycles. The predicted molar refractivity (Wildman–Crippen MR) is 119 cm³/mol. The largest absolute Gasteiger partial charge is 0.440 e. The maximum absolute atomic E-state index is 11.8. The van der Waals surface area contributed by atoms with Crippen molar-refractivity contribution in [1.29, 1.82) is 0 Å². The van der Waals surface area contributed by atoms with Gasteiger partial charge in [-0.2, -0.15) is 0 Å². The summed E-state index contributed by atoms with van der Waals surface area (Å²) in [7, 11) is -3.24. The molecule has 5 heteroatoms. The third kappa shape index (κ3) is 4.69. The number of nitrogens with zero attached hydrogens (tertiary/aromatic N) is 1. The standard InChI is InChI=1S/C25H23NO3S/c1-30(27,28)22-17-15-21(16-18-22)25-24(20-12-6-3-7-13-20)26-23(29-25)14-8-11-19-9-4-2-5-10-19/h2-7,9-10,12-13,15-18H,8,11,14H2,1H3. The van der Waals surface area contributed by atoms with E-state index in [4.69, 9.17) is 9.40 Å². The first kappa shape index (κ1) is 20.1. The summed E-state index contributed by atoms with van der Waals surface area (Å²) in [5.41, 5.74) is 3.85. The minimum atomic E-state index is -3.24. The van der Waals surface area contributed by atoms with Gasteiger partial charge in [-0.1, -0.05) is 60.7 Å². The Morgan fingerprint density at radius 3 is 2.03 bits per heavy atom. The van der Waals surface area contributed by atoms with Gasteiger partial charge in [-0.05, 0) is 42.7 Å². The zero-order valence-electron chi connectivity index (χ0n) is 16.8. The number of benzene rings is 3. The second-order valence-corrected chi connectivity index (χ2v) is 9.30. The van der Waals surface area contributed by atoms with Crippen molar-refractivity contribution in [2.24, 2.45) is 0 Å². The molecule has 0 fully saturated rings. The molecule has 0 saturated heterocycles. The van der Waals surface area contributed by atoms with Crippen LogP contribution in [0.25, 0.3) is 22.6 Å². The zero-order valence-corrected chi connectivity index (χ0v) is 17.6. The van der Waals surface area contributed by atoms with E-state index in [0.717, 1.165) is 36.1 Å². The minimum Gasteiger partial charge on any atom is -0.440 e. The lowest BCUT2D eigenvalue weighted by Gasteiger charge is -2.03. The molecule has 1 heterocycles. The first-order valence-corrected chi connectivity index (χ1v) is 11.8. The number of aryl methyl sites for hydroxylation is 2. The van der Waals surface area contributed by atoms with Crippen LogP contribution in [0.3, 0.4) is 0 Å². The molecule has 0 atom stereocenters. The van der Waals surface area contributed by atoms with Crippen LogP contribution in [0.15, 0.2) is 94.2 Å². The molecule has 0 bridgehead atoms. The Bertz CT molecular complexity index is 1210. The molecule has 0 spiro atoms. The maximum atomic E-state index is 11.8. The van der Waals surface area contributed by atoms with Crippen molar-refractivity contribution < 1.29 is 12.8 Å². The predicted octanol–water partition coefficient (Wildman–Crippen LogP) is 5.59. The summed E-state index contributed by atoms with van der Waals surface area (Å²) in [6.07, 6.45) is 3.83. The van der Waals surface area contributed by atoms with E-state index in [1.165, 1.54) is 11.8 Å². The average molecular weight is 418 g/mol. The highest BCUT2D eigenvalue weighted by molar-refractivity contribution is 7.90. The van der Waals surface area contributed by atoms with Crippen molar-refractivity contribution in [3.05, 3.63) is 96.4 Å². The highest BCUT2D eigenvalue weighted by atomic mass is 32.2. The molecule has 0 unspecified atom stereocenters. The number of hydrogen-bond donors (Lipinski definition) is 0. The average Bonchev–Trinajstić information content (AvgIpc) is 3.19. The Morgan fingerprint density at radius 2 is 1.40 bits per heavy atom. The summed E-state index contributed by atoms with van der Waals surface area (Å²) in [6, 6.07) is 27.0. The smallest absolute Gasteiger partial charge is 0.195 e. The Balaban J connectivity index is 1.63. The summed E-state index contributed by atoms with van der Waals surface area (Å²) in [5, 5.41) is 0. The molecule has 0 amide bonds. The highest BCUT2D eigenvalue weighted by Gasteiger charge is 2.17. The summed E-state index contributed by atoms with van der Waals surface area (Å²) in [4.78, 5) is 5.06. The van der Waals surface area contributed by atoms with Crippen LogP contribution < -0.4 is 0 Å². The van der Waals surface area contributed by atoms with E-state index in [1.54, 1.807) is 24.3 Å². The van der Waals surface area contributed by atoms with Gasteiger partial charge >= 0.3 is 0 Å². The summed E-state index contributed by atoms with van der Waals surface area (Å²) < 4.78 is 29.7. The molecule has 0 saturated carbocycles. The lowest BCUT2D eigenvalue weighted by Crippen LogP contribution is -1.96. The van der Waals surface area contributed by atoms with Crippen LogP contribution >= 0.6 is 0 Å². The second-order valence-electron chi connectivity index (χ2n) is 7.29. The topological polar surface area (TPSA) is 60.2 Å². The molecule has 4 aromatic rings. The van der Waals surface area contributed by atoms with E-state index in [0.29, 0.717) is 11.7 Å². The number of rotatable bonds is 7. The summed E-state index contributed by atoms with van der Waals surface area (Å²) >= 11 is 0. The second kappa shape index (κ2) is 8.67. The number of oxazole rings is 1. The van der Waals surface area contributed by atoms with Gasteiger partial charge in [0.2, 0.25) is 0 Å². The molecule has 4 nitrogen and oxygen atoms in total. The monoisotopic (exact) mass is 417 g/mol. The van der Waals surface area contributed by atoms with Crippen molar-refractivity contribution in [2.45, 2.75) is 24.2 Å². The SMILES string of the molecule is CS(=O)(=O)c1ccc(-c2oc(CCCc3ccccc3)nc2-c2ccccc2)cc1. The third-order valence-corrected chi connectivity index (χ3v) is 6.09. The third-order valence-electron chi connectivity index (χ3n) is 4.96. The lowest BCUT2D eigenvalue weighted by atomic mass is 10.1. The molecular formula is C25H23NO3S. The van der Waals surface area contributed by atoms with E-state index in [2.05, 4.69) is 12.1 Å². The van der Waals surface area contributed by atoms with Crippen LogP contribution in [0.4, 0.5) is 0 Å². The number of aromatic nitrogens is 1. The van der Waals surface area contributed by atoms with Gasteiger partial charge < -0.3 is 4.42 Å². The maximum Gasteiger partial charge on any atom is 0.195 e. The molecule has 0 aliphatic rings. The van der Waals surface area contributed by atoms with Gasteiger partial charge in [-0.3, -0.25) is 0 Å². The van der Waals surface area contributed by atoms with Gasteiger partial charge in [0.15, 0.2) is 21.5 Å². The van der Waals surface area contributed by atoms with Crippen LogP contribution in [0.2, 0.25) is 0 Å². The van der Waals surface area contributed by atoms with Gasteiger partial charge in [0.1, 0.15) is 5.69 Å². The van der Waals surface area contributed by atoms with Crippen LogP contribution in [0, 0.1) is 0 Å². The van der Waals surface area contributed by atoms with Crippen molar-refractivity contribution in [3.63, 3.8) is 0 Å². The van der Waals surface area contributed by atoms with E-state index in [9.17, 15) is 8.42 Å². The molecule has 0 N–H and O–H groups in total. The fraction of sp³-hybridized carbons (Fsp3) is 0.160. The Labute approximate surface area is 177 Å². The van der Waals surface area contributed by atoms with E-state index < -0.39 is 9.84 Å². The number of hydrogen-bond acceptors (Lipinski definition) is 4. The fourth-order valence-electron chi connectivity index (χ4n) is 3.40. The zero-order chi connectivity index (χ0) is 21.0. The van der Waals surface area contributed by atoms with E-state index in [-0.39, 0.29) is 4.90 Å². The van der Waals surface area contributed by atoms with Crippen LogP contribution in [-0.2, 0) is 22.7 Å². The van der Waals surface area contributed by atoms with Gasteiger partial charge in [0, 0.05) is 23.8 Å². The van der Waals surface area contributed by atoms with Crippen LogP contribution in [0.1, 0.15) is 17.9 Å². The van der Waals surface area contributed by atoms with Crippen molar-refractivity contribution in [2.75, 3.05) is 6.26 Å². The molecular weight excluding hydrogens is 394 g/mol.